The monoisotopic (exact) mass is 336 g/mol. The summed E-state index contributed by atoms with van der Waals surface area (Å²) in [5, 5.41) is 6.37. The van der Waals surface area contributed by atoms with Gasteiger partial charge in [-0.05, 0) is 25.7 Å². The lowest BCUT2D eigenvalue weighted by atomic mass is 10.0. The predicted octanol–water partition coefficient (Wildman–Crippen LogP) is -0.332. The van der Waals surface area contributed by atoms with Gasteiger partial charge in [-0.2, -0.15) is 9.40 Å². The first-order chi connectivity index (χ1) is 9.70. The van der Waals surface area contributed by atoms with Gasteiger partial charge in [-0.25, -0.2) is 21.6 Å². The Labute approximate surface area is 125 Å². The van der Waals surface area contributed by atoms with Crippen LogP contribution in [0, 0.1) is 12.8 Å². The maximum absolute atomic E-state index is 12.5. The Kier molecular flexibility index (Phi) is 4.71. The zero-order valence-corrected chi connectivity index (χ0v) is 13.7. The minimum atomic E-state index is -3.57. The van der Waals surface area contributed by atoms with Crippen molar-refractivity contribution < 1.29 is 16.8 Å². The highest BCUT2D eigenvalue weighted by atomic mass is 32.2. The second-order valence-corrected chi connectivity index (χ2v) is 9.09. The molecule has 1 unspecified atom stereocenters. The molecule has 120 valence electrons. The SMILES string of the molecule is Cc1[nH]ncc1S(=O)(=O)N1CCCC(CNS(C)(=O)=O)C1. The van der Waals surface area contributed by atoms with Gasteiger partial charge in [0.05, 0.1) is 18.1 Å². The molecule has 8 nitrogen and oxygen atoms in total. The number of nitrogens with one attached hydrogen (secondary N) is 2. The smallest absolute Gasteiger partial charge is 0.246 e. The third kappa shape index (κ3) is 4.02. The molecule has 2 N–H and O–H groups in total. The Morgan fingerprint density at radius 2 is 2.14 bits per heavy atom. The van der Waals surface area contributed by atoms with Gasteiger partial charge in [0.15, 0.2) is 0 Å². The number of H-pyrrole nitrogens is 1. The van der Waals surface area contributed by atoms with Crippen LogP contribution in [0.2, 0.25) is 0 Å². The highest BCUT2D eigenvalue weighted by Crippen LogP contribution is 2.24. The zero-order valence-electron chi connectivity index (χ0n) is 12.0. The molecule has 1 fully saturated rings. The highest BCUT2D eigenvalue weighted by molar-refractivity contribution is 7.89. The number of aromatic nitrogens is 2. The maximum Gasteiger partial charge on any atom is 0.246 e. The van der Waals surface area contributed by atoms with Crippen molar-refractivity contribution >= 4 is 20.0 Å². The third-order valence-electron chi connectivity index (χ3n) is 3.52. The van der Waals surface area contributed by atoms with Gasteiger partial charge in [0.25, 0.3) is 0 Å². The highest BCUT2D eigenvalue weighted by Gasteiger charge is 2.32. The first-order valence-electron chi connectivity index (χ1n) is 6.65. The number of sulfonamides is 2. The van der Waals surface area contributed by atoms with Crippen LogP contribution in [0.15, 0.2) is 11.1 Å². The number of hydrogen-bond donors (Lipinski definition) is 2. The summed E-state index contributed by atoms with van der Waals surface area (Å²) in [5.74, 6) is -0.0181. The third-order valence-corrected chi connectivity index (χ3v) is 6.19. The molecule has 2 rings (SSSR count). The Hall–Kier alpha value is -0.970. The maximum atomic E-state index is 12.5. The van der Waals surface area contributed by atoms with E-state index in [1.165, 1.54) is 10.5 Å². The van der Waals surface area contributed by atoms with E-state index in [4.69, 9.17) is 0 Å². The number of hydrogen-bond acceptors (Lipinski definition) is 5. The Morgan fingerprint density at radius 3 is 2.71 bits per heavy atom. The molecule has 10 heteroatoms. The molecule has 0 aromatic carbocycles. The standard InChI is InChI=1S/C11H20N4O4S2/c1-9-11(7-12-14-9)21(18,19)15-5-3-4-10(8-15)6-13-20(2,16)17/h7,10,13H,3-6,8H2,1-2H3,(H,12,14). The van der Waals surface area contributed by atoms with Crippen molar-refractivity contribution in [1.29, 1.82) is 0 Å². The second-order valence-electron chi connectivity index (χ2n) is 5.35. The van der Waals surface area contributed by atoms with Crippen molar-refractivity contribution in [2.24, 2.45) is 5.92 Å². The van der Waals surface area contributed by atoms with Crippen molar-refractivity contribution in [3.63, 3.8) is 0 Å². The molecule has 0 radical (unpaired) electrons. The quantitative estimate of drug-likeness (QED) is 0.764. The molecule has 1 saturated heterocycles. The lowest BCUT2D eigenvalue weighted by Gasteiger charge is -2.31. The summed E-state index contributed by atoms with van der Waals surface area (Å²) in [5.41, 5.74) is 0.506. The van der Waals surface area contributed by atoms with Crippen LogP contribution < -0.4 is 4.72 Å². The van der Waals surface area contributed by atoms with Crippen molar-refractivity contribution in [2.75, 3.05) is 25.9 Å². The molecule has 0 saturated carbocycles. The average Bonchev–Trinajstić information content (AvgIpc) is 2.83. The summed E-state index contributed by atoms with van der Waals surface area (Å²) in [4.78, 5) is 0.180. The molecule has 0 spiro atoms. The normalized spacial score (nSPS) is 21.5. The van der Waals surface area contributed by atoms with E-state index in [1.54, 1.807) is 6.92 Å². The van der Waals surface area contributed by atoms with E-state index in [2.05, 4.69) is 14.9 Å². The Bertz CT molecular complexity index is 696. The Balaban J connectivity index is 2.09. The van der Waals surface area contributed by atoms with Gasteiger partial charge in [0.1, 0.15) is 4.90 Å². The van der Waals surface area contributed by atoms with Gasteiger partial charge in [-0.15, -0.1) is 0 Å². The van der Waals surface area contributed by atoms with E-state index in [1.807, 2.05) is 0 Å². The fourth-order valence-corrected chi connectivity index (χ4v) is 4.63. The van der Waals surface area contributed by atoms with Crippen LogP contribution in [0.1, 0.15) is 18.5 Å². The Morgan fingerprint density at radius 1 is 1.43 bits per heavy atom. The lowest BCUT2D eigenvalue weighted by Crippen LogP contribution is -2.43. The summed E-state index contributed by atoms with van der Waals surface area (Å²) in [6.45, 7) is 2.68. The molecule has 2 heterocycles. The van der Waals surface area contributed by atoms with Crippen LogP contribution in [0.25, 0.3) is 0 Å². The van der Waals surface area contributed by atoms with E-state index < -0.39 is 20.0 Å². The van der Waals surface area contributed by atoms with Crippen LogP contribution in [-0.4, -0.2) is 57.2 Å². The van der Waals surface area contributed by atoms with Crippen LogP contribution in [0.4, 0.5) is 0 Å². The second kappa shape index (κ2) is 6.03. The molecule has 21 heavy (non-hydrogen) atoms. The fraction of sp³-hybridized carbons (Fsp3) is 0.727. The van der Waals surface area contributed by atoms with Gasteiger partial charge < -0.3 is 0 Å². The largest absolute Gasteiger partial charge is 0.281 e. The van der Waals surface area contributed by atoms with Gasteiger partial charge in [0.2, 0.25) is 20.0 Å². The number of rotatable bonds is 5. The van der Waals surface area contributed by atoms with Gasteiger partial charge in [-0.3, -0.25) is 5.10 Å². The topological polar surface area (TPSA) is 112 Å². The summed E-state index contributed by atoms with van der Waals surface area (Å²) in [7, 11) is -6.83. The average molecular weight is 336 g/mol. The van der Waals surface area contributed by atoms with E-state index in [0.717, 1.165) is 12.7 Å². The molecular weight excluding hydrogens is 316 g/mol. The summed E-state index contributed by atoms with van der Waals surface area (Å²) < 4.78 is 51.2. The van der Waals surface area contributed by atoms with Gasteiger partial charge in [-0.1, -0.05) is 0 Å². The predicted molar refractivity (Wildman–Crippen MR) is 77.7 cm³/mol. The molecule has 1 aliphatic heterocycles. The van der Waals surface area contributed by atoms with Crippen molar-refractivity contribution in [3.8, 4) is 0 Å². The van der Waals surface area contributed by atoms with Crippen LogP contribution in [0.5, 0.6) is 0 Å². The van der Waals surface area contributed by atoms with Gasteiger partial charge >= 0.3 is 0 Å². The van der Waals surface area contributed by atoms with E-state index >= 15 is 0 Å². The molecule has 1 atom stereocenters. The number of aryl methyl sites for hydroxylation is 1. The van der Waals surface area contributed by atoms with Gasteiger partial charge in [0, 0.05) is 19.6 Å². The summed E-state index contributed by atoms with van der Waals surface area (Å²) in [6, 6.07) is 0. The van der Waals surface area contributed by atoms with E-state index in [9.17, 15) is 16.8 Å². The van der Waals surface area contributed by atoms with E-state index in [-0.39, 0.29) is 17.4 Å². The molecule has 0 amide bonds. The molecule has 0 bridgehead atoms. The fourth-order valence-electron chi connectivity index (χ4n) is 2.42. The lowest BCUT2D eigenvalue weighted by molar-refractivity contribution is 0.267. The molecule has 1 aromatic heterocycles. The minimum Gasteiger partial charge on any atom is -0.281 e. The molecule has 1 aliphatic rings. The first kappa shape index (κ1) is 16.4. The molecule has 0 aliphatic carbocycles. The minimum absolute atomic E-state index is 0.0181. The summed E-state index contributed by atoms with van der Waals surface area (Å²) >= 11 is 0. The van der Waals surface area contributed by atoms with Crippen molar-refractivity contribution in [2.45, 2.75) is 24.7 Å². The first-order valence-corrected chi connectivity index (χ1v) is 9.98. The summed E-state index contributed by atoms with van der Waals surface area (Å²) in [6.07, 6.45) is 3.92. The number of aromatic amines is 1. The van der Waals surface area contributed by atoms with Crippen LogP contribution >= 0.6 is 0 Å². The number of nitrogens with zero attached hydrogens (tertiary/aromatic N) is 2. The number of piperidine rings is 1. The van der Waals surface area contributed by atoms with E-state index in [0.29, 0.717) is 25.2 Å². The molecule has 1 aromatic rings. The van der Waals surface area contributed by atoms with Crippen molar-refractivity contribution in [3.05, 3.63) is 11.9 Å². The van der Waals surface area contributed by atoms with Crippen molar-refractivity contribution in [1.82, 2.24) is 19.2 Å². The van der Waals surface area contributed by atoms with Crippen LogP contribution in [-0.2, 0) is 20.0 Å². The van der Waals surface area contributed by atoms with Crippen LogP contribution in [0.3, 0.4) is 0 Å². The molecular formula is C11H20N4O4S2. The zero-order chi connectivity index (χ0) is 15.7.